The van der Waals surface area contributed by atoms with Crippen molar-refractivity contribution in [3.05, 3.63) is 24.3 Å². The summed E-state index contributed by atoms with van der Waals surface area (Å²) in [6.07, 6.45) is 1.68. The molecule has 1 aliphatic heterocycles. The first kappa shape index (κ1) is 14.8. The standard InChI is InChI=1S/C15H22N2O3/c1-2-20-13-5-3-4-12(10-13)17-15(18)14(16)11-6-8-19-9-7-11/h3-5,10-11,14H,2,6-9,16H2,1H3,(H,17,18). The molecule has 3 N–H and O–H groups in total. The number of hydrogen-bond acceptors (Lipinski definition) is 4. The summed E-state index contributed by atoms with van der Waals surface area (Å²) in [6, 6.07) is 6.85. The highest BCUT2D eigenvalue weighted by molar-refractivity contribution is 5.95. The molecule has 1 unspecified atom stereocenters. The van der Waals surface area contributed by atoms with Crippen molar-refractivity contribution >= 4 is 11.6 Å². The summed E-state index contributed by atoms with van der Waals surface area (Å²) < 4.78 is 10.7. The van der Waals surface area contributed by atoms with Crippen LogP contribution in [0.5, 0.6) is 5.75 Å². The summed E-state index contributed by atoms with van der Waals surface area (Å²) in [7, 11) is 0. The van der Waals surface area contributed by atoms with Gasteiger partial charge in [0.1, 0.15) is 5.75 Å². The van der Waals surface area contributed by atoms with E-state index in [1.54, 1.807) is 6.07 Å². The lowest BCUT2D eigenvalue weighted by atomic mass is 9.92. The summed E-state index contributed by atoms with van der Waals surface area (Å²) in [5.41, 5.74) is 6.75. The third kappa shape index (κ3) is 3.95. The first-order chi connectivity index (χ1) is 9.70. The minimum atomic E-state index is -0.491. The lowest BCUT2D eigenvalue weighted by Gasteiger charge is -2.26. The molecule has 0 saturated carbocycles. The SMILES string of the molecule is CCOc1cccc(NC(=O)C(N)C2CCOCC2)c1. The van der Waals surface area contributed by atoms with Crippen LogP contribution in [0.25, 0.3) is 0 Å². The fourth-order valence-corrected chi connectivity index (χ4v) is 2.34. The van der Waals surface area contributed by atoms with E-state index in [1.807, 2.05) is 25.1 Å². The van der Waals surface area contributed by atoms with E-state index in [-0.39, 0.29) is 11.8 Å². The molecule has 0 aliphatic carbocycles. The number of anilines is 1. The molecular weight excluding hydrogens is 256 g/mol. The van der Waals surface area contributed by atoms with Crippen molar-refractivity contribution in [1.29, 1.82) is 0 Å². The Balaban J connectivity index is 1.94. The van der Waals surface area contributed by atoms with Crippen molar-refractivity contribution in [3.63, 3.8) is 0 Å². The molecule has 1 aromatic carbocycles. The summed E-state index contributed by atoms with van der Waals surface area (Å²) in [6.45, 7) is 3.89. The average Bonchev–Trinajstić information content (AvgIpc) is 2.48. The van der Waals surface area contributed by atoms with E-state index in [1.165, 1.54) is 0 Å². The second-order valence-corrected chi connectivity index (χ2v) is 4.93. The molecule has 0 bridgehead atoms. The van der Waals surface area contributed by atoms with Crippen LogP contribution in [0, 0.1) is 5.92 Å². The van der Waals surface area contributed by atoms with Crippen LogP contribution in [0.3, 0.4) is 0 Å². The van der Waals surface area contributed by atoms with Gasteiger partial charge >= 0.3 is 0 Å². The van der Waals surface area contributed by atoms with Gasteiger partial charge in [-0.05, 0) is 37.8 Å². The second kappa shape index (κ2) is 7.26. The predicted octanol–water partition coefficient (Wildman–Crippen LogP) is 1.78. The average molecular weight is 278 g/mol. The normalized spacial score (nSPS) is 17.5. The van der Waals surface area contributed by atoms with E-state index >= 15 is 0 Å². The molecule has 0 spiro atoms. The van der Waals surface area contributed by atoms with Gasteiger partial charge in [-0.1, -0.05) is 6.07 Å². The highest BCUT2D eigenvalue weighted by atomic mass is 16.5. The lowest BCUT2D eigenvalue weighted by molar-refractivity contribution is -0.119. The molecule has 1 fully saturated rings. The van der Waals surface area contributed by atoms with E-state index in [9.17, 15) is 4.79 Å². The van der Waals surface area contributed by atoms with Crippen LogP contribution in [0.15, 0.2) is 24.3 Å². The molecule has 1 saturated heterocycles. The Bertz CT molecular complexity index is 444. The molecule has 1 heterocycles. The zero-order valence-corrected chi connectivity index (χ0v) is 11.8. The van der Waals surface area contributed by atoms with Crippen LogP contribution in [0.4, 0.5) is 5.69 Å². The van der Waals surface area contributed by atoms with Crippen molar-refractivity contribution in [2.24, 2.45) is 11.7 Å². The Morgan fingerprint density at radius 3 is 2.95 bits per heavy atom. The van der Waals surface area contributed by atoms with E-state index in [0.717, 1.165) is 18.6 Å². The maximum Gasteiger partial charge on any atom is 0.241 e. The number of nitrogens with two attached hydrogens (primary N) is 1. The number of hydrogen-bond donors (Lipinski definition) is 2. The largest absolute Gasteiger partial charge is 0.494 e. The minimum absolute atomic E-state index is 0.148. The van der Waals surface area contributed by atoms with Gasteiger partial charge in [-0.3, -0.25) is 4.79 Å². The van der Waals surface area contributed by atoms with E-state index in [4.69, 9.17) is 15.2 Å². The zero-order chi connectivity index (χ0) is 14.4. The molecule has 20 heavy (non-hydrogen) atoms. The van der Waals surface area contributed by atoms with Crippen LogP contribution >= 0.6 is 0 Å². The molecule has 5 heteroatoms. The maximum atomic E-state index is 12.2. The predicted molar refractivity (Wildman–Crippen MR) is 77.8 cm³/mol. The number of ether oxygens (including phenoxy) is 2. The Labute approximate surface area is 119 Å². The van der Waals surface area contributed by atoms with Crippen LogP contribution < -0.4 is 15.8 Å². The third-order valence-electron chi connectivity index (χ3n) is 3.49. The highest BCUT2D eigenvalue weighted by Crippen LogP contribution is 2.20. The van der Waals surface area contributed by atoms with Crippen molar-refractivity contribution in [2.75, 3.05) is 25.1 Å². The minimum Gasteiger partial charge on any atom is -0.494 e. The van der Waals surface area contributed by atoms with E-state index < -0.39 is 6.04 Å². The maximum absolute atomic E-state index is 12.2. The number of benzene rings is 1. The number of nitrogens with one attached hydrogen (secondary N) is 1. The number of rotatable bonds is 5. The van der Waals surface area contributed by atoms with Gasteiger partial charge in [0.25, 0.3) is 0 Å². The summed E-state index contributed by atoms with van der Waals surface area (Å²) in [5, 5.41) is 2.85. The van der Waals surface area contributed by atoms with Gasteiger partial charge < -0.3 is 20.5 Å². The molecule has 2 rings (SSSR count). The molecule has 1 atom stereocenters. The molecule has 1 amide bonds. The number of amides is 1. The summed E-state index contributed by atoms with van der Waals surface area (Å²) in [4.78, 5) is 12.2. The Morgan fingerprint density at radius 1 is 1.50 bits per heavy atom. The zero-order valence-electron chi connectivity index (χ0n) is 11.8. The van der Waals surface area contributed by atoms with E-state index in [2.05, 4.69) is 5.32 Å². The number of carbonyl (C=O) groups is 1. The van der Waals surface area contributed by atoms with Gasteiger partial charge in [-0.25, -0.2) is 0 Å². The smallest absolute Gasteiger partial charge is 0.241 e. The quantitative estimate of drug-likeness (QED) is 0.861. The van der Waals surface area contributed by atoms with Gasteiger partial charge in [0.2, 0.25) is 5.91 Å². The third-order valence-corrected chi connectivity index (χ3v) is 3.49. The van der Waals surface area contributed by atoms with Gasteiger partial charge in [-0.15, -0.1) is 0 Å². The topological polar surface area (TPSA) is 73.6 Å². The lowest BCUT2D eigenvalue weighted by Crippen LogP contribution is -2.43. The highest BCUT2D eigenvalue weighted by Gasteiger charge is 2.26. The molecule has 1 aliphatic rings. The Morgan fingerprint density at radius 2 is 2.25 bits per heavy atom. The van der Waals surface area contributed by atoms with Crippen molar-refractivity contribution in [2.45, 2.75) is 25.8 Å². The van der Waals surface area contributed by atoms with Crippen LogP contribution in [-0.4, -0.2) is 31.8 Å². The van der Waals surface area contributed by atoms with Gasteiger partial charge in [0.05, 0.1) is 12.6 Å². The molecule has 5 nitrogen and oxygen atoms in total. The van der Waals surface area contributed by atoms with Crippen LogP contribution in [0.2, 0.25) is 0 Å². The van der Waals surface area contributed by atoms with Crippen molar-refractivity contribution in [1.82, 2.24) is 0 Å². The Hall–Kier alpha value is -1.59. The summed E-state index contributed by atoms with van der Waals surface area (Å²) in [5.74, 6) is 0.786. The monoisotopic (exact) mass is 278 g/mol. The number of carbonyl (C=O) groups excluding carboxylic acids is 1. The second-order valence-electron chi connectivity index (χ2n) is 4.93. The van der Waals surface area contributed by atoms with Gasteiger partial charge in [0.15, 0.2) is 0 Å². The first-order valence-corrected chi connectivity index (χ1v) is 7.07. The molecular formula is C15H22N2O3. The fourth-order valence-electron chi connectivity index (χ4n) is 2.34. The van der Waals surface area contributed by atoms with Gasteiger partial charge in [-0.2, -0.15) is 0 Å². The molecule has 0 radical (unpaired) electrons. The van der Waals surface area contributed by atoms with Gasteiger partial charge in [0, 0.05) is 25.0 Å². The molecule has 0 aromatic heterocycles. The fraction of sp³-hybridized carbons (Fsp3) is 0.533. The van der Waals surface area contributed by atoms with Crippen LogP contribution in [-0.2, 0) is 9.53 Å². The first-order valence-electron chi connectivity index (χ1n) is 7.07. The van der Waals surface area contributed by atoms with Crippen LogP contribution in [0.1, 0.15) is 19.8 Å². The molecule has 1 aromatic rings. The Kier molecular flexibility index (Phi) is 5.38. The molecule has 110 valence electrons. The summed E-state index contributed by atoms with van der Waals surface area (Å²) >= 11 is 0. The van der Waals surface area contributed by atoms with E-state index in [0.29, 0.717) is 25.5 Å². The van der Waals surface area contributed by atoms with Crippen molar-refractivity contribution in [3.8, 4) is 5.75 Å². The van der Waals surface area contributed by atoms with Crippen molar-refractivity contribution < 1.29 is 14.3 Å².